The Morgan fingerprint density at radius 3 is 2.12 bits per heavy atom. The largest absolute Gasteiger partial charge is 0.462 e. The van der Waals surface area contributed by atoms with Crippen LogP contribution in [-0.4, -0.2) is 17.9 Å². The Bertz CT molecular complexity index is 234. The predicted octanol–water partition coefficient (Wildman–Crippen LogP) is 3.50. The van der Waals surface area contributed by atoms with E-state index in [-0.39, 0.29) is 17.9 Å². The normalized spacial score (nSPS) is 12.5. The Morgan fingerprint density at radius 2 is 1.65 bits per heavy atom. The summed E-state index contributed by atoms with van der Waals surface area (Å²) in [7, 11) is 0. The van der Waals surface area contributed by atoms with E-state index in [0.29, 0.717) is 6.42 Å². The lowest BCUT2D eigenvalue weighted by Crippen LogP contribution is -2.26. The van der Waals surface area contributed by atoms with Gasteiger partial charge in [-0.1, -0.05) is 39.0 Å². The van der Waals surface area contributed by atoms with Crippen LogP contribution in [0.4, 0.5) is 0 Å². The number of ether oxygens (including phenoxy) is 1. The second kappa shape index (κ2) is 9.20. The van der Waals surface area contributed by atoms with Crippen molar-refractivity contribution >= 4 is 11.8 Å². The van der Waals surface area contributed by atoms with Crippen molar-refractivity contribution in [3.05, 3.63) is 0 Å². The molecule has 3 nitrogen and oxygen atoms in total. The van der Waals surface area contributed by atoms with E-state index in [2.05, 4.69) is 6.92 Å². The molecule has 0 aliphatic carbocycles. The Hall–Kier alpha value is -0.860. The summed E-state index contributed by atoms with van der Waals surface area (Å²) in [5.41, 5.74) is 0. The summed E-state index contributed by atoms with van der Waals surface area (Å²) in [6.07, 6.45) is 6.10. The van der Waals surface area contributed by atoms with Gasteiger partial charge in [-0.2, -0.15) is 0 Å². The molecule has 0 N–H and O–H groups in total. The molecule has 0 radical (unpaired) electrons. The number of Topliss-reactive ketones (excluding diaryl/α,β-unsaturated/α-hetero) is 1. The summed E-state index contributed by atoms with van der Waals surface area (Å²) in [4.78, 5) is 23.1. The average Bonchev–Trinajstić information content (AvgIpc) is 2.21. The molecule has 0 fully saturated rings. The molecule has 0 amide bonds. The van der Waals surface area contributed by atoms with E-state index < -0.39 is 5.92 Å². The smallest absolute Gasteiger partial charge is 0.316 e. The minimum Gasteiger partial charge on any atom is -0.462 e. The molecule has 0 aromatic rings. The first kappa shape index (κ1) is 16.1. The minimum atomic E-state index is -0.556. The Labute approximate surface area is 105 Å². The fraction of sp³-hybridized carbons (Fsp3) is 0.857. The summed E-state index contributed by atoms with van der Waals surface area (Å²) >= 11 is 0. The second-order valence-corrected chi connectivity index (χ2v) is 4.85. The van der Waals surface area contributed by atoms with Crippen molar-refractivity contribution in [1.82, 2.24) is 0 Å². The van der Waals surface area contributed by atoms with Crippen molar-refractivity contribution in [1.29, 1.82) is 0 Å². The number of esters is 1. The Kier molecular flexibility index (Phi) is 8.73. The molecule has 0 aromatic carbocycles. The van der Waals surface area contributed by atoms with Crippen LogP contribution >= 0.6 is 0 Å². The van der Waals surface area contributed by atoms with Crippen LogP contribution in [0.3, 0.4) is 0 Å². The van der Waals surface area contributed by atoms with Crippen molar-refractivity contribution in [2.45, 2.75) is 72.3 Å². The molecule has 0 saturated heterocycles. The van der Waals surface area contributed by atoms with Crippen LogP contribution in [0.15, 0.2) is 0 Å². The SMILES string of the molecule is CCCCCCCC(C(C)=O)C(=O)OC(C)C. The van der Waals surface area contributed by atoms with Gasteiger partial charge in [-0.25, -0.2) is 0 Å². The molecule has 0 aliphatic heterocycles. The molecule has 0 aliphatic rings. The fourth-order valence-electron chi connectivity index (χ4n) is 1.75. The quantitative estimate of drug-likeness (QED) is 0.353. The molecule has 17 heavy (non-hydrogen) atoms. The lowest BCUT2D eigenvalue weighted by atomic mass is 9.97. The van der Waals surface area contributed by atoms with Gasteiger partial charge in [0, 0.05) is 0 Å². The highest BCUT2D eigenvalue weighted by Gasteiger charge is 2.24. The van der Waals surface area contributed by atoms with Crippen molar-refractivity contribution in [3.63, 3.8) is 0 Å². The number of hydrogen-bond donors (Lipinski definition) is 0. The molecule has 3 heteroatoms. The van der Waals surface area contributed by atoms with Gasteiger partial charge in [-0.3, -0.25) is 9.59 Å². The predicted molar refractivity (Wildman–Crippen MR) is 68.8 cm³/mol. The number of unbranched alkanes of at least 4 members (excludes halogenated alkanes) is 4. The van der Waals surface area contributed by atoms with E-state index in [0.717, 1.165) is 12.8 Å². The maximum absolute atomic E-state index is 11.7. The van der Waals surface area contributed by atoms with Crippen LogP contribution < -0.4 is 0 Å². The summed E-state index contributed by atoms with van der Waals surface area (Å²) in [5, 5.41) is 0. The van der Waals surface area contributed by atoms with Gasteiger partial charge in [0.15, 0.2) is 0 Å². The molecule has 1 unspecified atom stereocenters. The number of carbonyl (C=O) groups is 2. The van der Waals surface area contributed by atoms with Crippen molar-refractivity contribution in [3.8, 4) is 0 Å². The van der Waals surface area contributed by atoms with Gasteiger partial charge in [0.2, 0.25) is 0 Å². The third-order valence-corrected chi connectivity index (χ3v) is 2.72. The van der Waals surface area contributed by atoms with Gasteiger partial charge < -0.3 is 4.74 Å². The van der Waals surface area contributed by atoms with Gasteiger partial charge in [0.1, 0.15) is 11.7 Å². The number of ketones is 1. The first-order valence-corrected chi connectivity index (χ1v) is 6.70. The molecule has 0 heterocycles. The zero-order valence-corrected chi connectivity index (χ0v) is 11.6. The first-order chi connectivity index (χ1) is 7.99. The van der Waals surface area contributed by atoms with Crippen LogP contribution in [-0.2, 0) is 14.3 Å². The van der Waals surface area contributed by atoms with Crippen molar-refractivity contribution in [2.75, 3.05) is 0 Å². The maximum Gasteiger partial charge on any atom is 0.316 e. The minimum absolute atomic E-state index is 0.0776. The Balaban J connectivity index is 3.99. The van der Waals surface area contributed by atoms with Gasteiger partial charge >= 0.3 is 5.97 Å². The highest BCUT2D eigenvalue weighted by molar-refractivity contribution is 5.97. The summed E-state index contributed by atoms with van der Waals surface area (Å²) in [6.45, 7) is 7.24. The second-order valence-electron chi connectivity index (χ2n) is 4.85. The molecular formula is C14H26O3. The van der Waals surface area contributed by atoms with E-state index in [1.165, 1.54) is 26.2 Å². The molecule has 0 aromatic heterocycles. The first-order valence-electron chi connectivity index (χ1n) is 6.70. The zero-order valence-electron chi connectivity index (χ0n) is 11.6. The maximum atomic E-state index is 11.7. The van der Waals surface area contributed by atoms with Crippen molar-refractivity contribution in [2.24, 2.45) is 5.92 Å². The molecular weight excluding hydrogens is 216 g/mol. The fourth-order valence-corrected chi connectivity index (χ4v) is 1.75. The topological polar surface area (TPSA) is 43.4 Å². The van der Waals surface area contributed by atoms with E-state index in [4.69, 9.17) is 4.74 Å². The van der Waals surface area contributed by atoms with Gasteiger partial charge in [-0.05, 0) is 27.2 Å². The highest BCUT2D eigenvalue weighted by atomic mass is 16.5. The summed E-state index contributed by atoms with van der Waals surface area (Å²) in [6, 6.07) is 0. The lowest BCUT2D eigenvalue weighted by Gasteiger charge is -2.15. The van der Waals surface area contributed by atoms with Crippen LogP contribution in [0.5, 0.6) is 0 Å². The van der Waals surface area contributed by atoms with Crippen LogP contribution in [0, 0.1) is 5.92 Å². The number of hydrogen-bond acceptors (Lipinski definition) is 3. The molecule has 1 atom stereocenters. The standard InChI is InChI=1S/C14H26O3/c1-5-6-7-8-9-10-13(12(4)15)14(16)17-11(2)3/h11,13H,5-10H2,1-4H3. The van der Waals surface area contributed by atoms with Gasteiger partial charge in [-0.15, -0.1) is 0 Å². The molecule has 100 valence electrons. The van der Waals surface area contributed by atoms with E-state index in [9.17, 15) is 9.59 Å². The lowest BCUT2D eigenvalue weighted by molar-refractivity contribution is -0.155. The van der Waals surface area contributed by atoms with Gasteiger partial charge in [0.05, 0.1) is 6.10 Å². The van der Waals surface area contributed by atoms with E-state index in [1.807, 2.05) is 0 Å². The van der Waals surface area contributed by atoms with Crippen molar-refractivity contribution < 1.29 is 14.3 Å². The number of carbonyl (C=O) groups excluding carboxylic acids is 2. The average molecular weight is 242 g/mol. The molecule has 0 bridgehead atoms. The summed E-state index contributed by atoms with van der Waals surface area (Å²) < 4.78 is 5.09. The van der Waals surface area contributed by atoms with Gasteiger partial charge in [0.25, 0.3) is 0 Å². The molecule has 0 rings (SSSR count). The van der Waals surface area contributed by atoms with E-state index >= 15 is 0 Å². The van der Waals surface area contributed by atoms with E-state index in [1.54, 1.807) is 13.8 Å². The Morgan fingerprint density at radius 1 is 1.06 bits per heavy atom. The third kappa shape index (κ3) is 7.94. The highest BCUT2D eigenvalue weighted by Crippen LogP contribution is 2.15. The molecule has 0 saturated carbocycles. The van der Waals surface area contributed by atoms with Crippen LogP contribution in [0.1, 0.15) is 66.2 Å². The van der Waals surface area contributed by atoms with Crippen LogP contribution in [0.2, 0.25) is 0 Å². The van der Waals surface area contributed by atoms with Crippen LogP contribution in [0.25, 0.3) is 0 Å². The summed E-state index contributed by atoms with van der Waals surface area (Å²) in [5.74, 6) is -0.992. The molecule has 0 spiro atoms. The monoisotopic (exact) mass is 242 g/mol. The number of rotatable bonds is 9. The zero-order chi connectivity index (χ0) is 13.3. The third-order valence-electron chi connectivity index (χ3n) is 2.72.